The molecule has 5 rings (SSSR count). The van der Waals surface area contributed by atoms with Crippen LogP contribution in [0.4, 0.5) is 0 Å². The van der Waals surface area contributed by atoms with Crippen molar-refractivity contribution in [2.45, 2.75) is 0 Å². The Hall–Kier alpha value is -3.81. The van der Waals surface area contributed by atoms with Crippen LogP contribution in [0.5, 0.6) is 0 Å². The summed E-state index contributed by atoms with van der Waals surface area (Å²) in [6.07, 6.45) is 12.6. The van der Waals surface area contributed by atoms with Gasteiger partial charge in [-0.15, -0.1) is 0 Å². The van der Waals surface area contributed by atoms with E-state index in [1.807, 2.05) is 42.2 Å². The second kappa shape index (κ2) is 5.62. The molecule has 0 saturated heterocycles. The Balaban J connectivity index is 1.64. The fraction of sp³-hybridized carbons (Fsp3) is 0.0556. The molecule has 5 aromatic rings. The van der Waals surface area contributed by atoms with E-state index in [-0.39, 0.29) is 0 Å². The number of hydrogen-bond donors (Lipinski definition) is 1. The molecule has 0 radical (unpaired) electrons. The first-order valence-corrected chi connectivity index (χ1v) is 8.06. The van der Waals surface area contributed by atoms with Crippen molar-refractivity contribution in [2.75, 3.05) is 0 Å². The zero-order valence-corrected chi connectivity index (χ0v) is 13.9. The highest BCUT2D eigenvalue weighted by atomic mass is 15.2. The average Bonchev–Trinajstić information content (AvgIpc) is 3.42. The number of aromatic amines is 1. The van der Waals surface area contributed by atoms with Crippen molar-refractivity contribution in [1.82, 2.24) is 39.5 Å². The van der Waals surface area contributed by atoms with E-state index in [0.29, 0.717) is 0 Å². The Morgan fingerprint density at radius 3 is 2.81 bits per heavy atom. The number of nitrogens with zero attached hydrogens (tertiary/aromatic N) is 7. The maximum absolute atomic E-state index is 4.51. The predicted octanol–water partition coefficient (Wildman–Crippen LogP) is 2.61. The van der Waals surface area contributed by atoms with Crippen LogP contribution in [0.1, 0.15) is 0 Å². The number of nitrogens with one attached hydrogen (secondary N) is 1. The van der Waals surface area contributed by atoms with Crippen LogP contribution in [0.15, 0.2) is 61.7 Å². The van der Waals surface area contributed by atoms with Gasteiger partial charge in [0.2, 0.25) is 0 Å². The van der Waals surface area contributed by atoms with E-state index < -0.39 is 0 Å². The largest absolute Gasteiger partial charge is 0.291 e. The molecule has 26 heavy (non-hydrogen) atoms. The van der Waals surface area contributed by atoms with E-state index in [1.165, 1.54) is 0 Å². The second-order valence-corrected chi connectivity index (χ2v) is 5.96. The van der Waals surface area contributed by atoms with E-state index in [1.54, 1.807) is 35.8 Å². The third-order valence-electron chi connectivity index (χ3n) is 4.24. The lowest BCUT2D eigenvalue weighted by atomic mass is 10.1. The van der Waals surface area contributed by atoms with Crippen LogP contribution in [-0.2, 0) is 7.05 Å². The molecule has 5 aromatic heterocycles. The van der Waals surface area contributed by atoms with Gasteiger partial charge in [0.1, 0.15) is 17.8 Å². The van der Waals surface area contributed by atoms with Gasteiger partial charge in [-0.05, 0) is 18.2 Å². The quantitative estimate of drug-likeness (QED) is 0.544. The van der Waals surface area contributed by atoms with Gasteiger partial charge >= 0.3 is 0 Å². The van der Waals surface area contributed by atoms with Crippen LogP contribution >= 0.6 is 0 Å². The number of aromatic nitrogens is 8. The summed E-state index contributed by atoms with van der Waals surface area (Å²) in [5.74, 6) is 0.790. The zero-order chi connectivity index (χ0) is 17.5. The third-order valence-corrected chi connectivity index (χ3v) is 4.24. The molecule has 0 aliphatic heterocycles. The number of rotatable bonds is 3. The standard InChI is InChI=1S/C18H14N8/c1-25-10-13(8-22-25)15-7-14-16(9-21-15)23-24-18(14)12-2-3-20-17(6-12)26-5-4-19-11-26/h2-11H,1H3,(H,23,24). The molecule has 0 unspecified atom stereocenters. The first kappa shape index (κ1) is 14.5. The van der Waals surface area contributed by atoms with Gasteiger partial charge in [-0.1, -0.05) is 0 Å². The minimum absolute atomic E-state index is 0.790. The summed E-state index contributed by atoms with van der Waals surface area (Å²) in [4.78, 5) is 13.0. The summed E-state index contributed by atoms with van der Waals surface area (Å²) in [5.41, 5.74) is 4.54. The van der Waals surface area contributed by atoms with Crippen molar-refractivity contribution in [1.29, 1.82) is 0 Å². The van der Waals surface area contributed by atoms with Gasteiger partial charge in [-0.2, -0.15) is 10.2 Å². The first-order valence-electron chi connectivity index (χ1n) is 8.06. The Morgan fingerprint density at radius 1 is 1.04 bits per heavy atom. The van der Waals surface area contributed by atoms with Crippen LogP contribution < -0.4 is 0 Å². The molecule has 0 bridgehead atoms. The van der Waals surface area contributed by atoms with Crippen molar-refractivity contribution in [3.63, 3.8) is 0 Å². The van der Waals surface area contributed by atoms with Crippen molar-refractivity contribution in [3.8, 4) is 28.3 Å². The fourth-order valence-electron chi connectivity index (χ4n) is 2.95. The SMILES string of the molecule is Cn1cc(-c2cc3c(-c4ccnc(-n5ccnc5)c4)n[nH]c3cn2)cn1. The molecular formula is C18H14N8. The van der Waals surface area contributed by atoms with Gasteiger partial charge < -0.3 is 0 Å². The number of pyridine rings is 2. The van der Waals surface area contributed by atoms with Gasteiger partial charge in [-0.3, -0.25) is 19.3 Å². The molecule has 0 aliphatic carbocycles. The van der Waals surface area contributed by atoms with E-state index >= 15 is 0 Å². The molecule has 0 spiro atoms. The summed E-state index contributed by atoms with van der Waals surface area (Å²) < 4.78 is 3.62. The van der Waals surface area contributed by atoms with E-state index in [4.69, 9.17) is 0 Å². The van der Waals surface area contributed by atoms with E-state index in [2.05, 4.69) is 30.2 Å². The Bertz CT molecular complexity index is 1200. The predicted molar refractivity (Wildman–Crippen MR) is 96.4 cm³/mol. The van der Waals surface area contributed by atoms with E-state index in [0.717, 1.165) is 39.2 Å². The fourth-order valence-corrected chi connectivity index (χ4v) is 2.95. The monoisotopic (exact) mass is 342 g/mol. The Labute approximate surface area is 148 Å². The maximum Gasteiger partial charge on any atom is 0.138 e. The smallest absolute Gasteiger partial charge is 0.138 e. The normalized spacial score (nSPS) is 11.3. The van der Waals surface area contributed by atoms with Crippen LogP contribution in [0, 0.1) is 0 Å². The van der Waals surface area contributed by atoms with Crippen molar-refractivity contribution in [2.24, 2.45) is 7.05 Å². The lowest BCUT2D eigenvalue weighted by Crippen LogP contribution is -1.94. The molecule has 5 heterocycles. The molecule has 0 aromatic carbocycles. The minimum atomic E-state index is 0.790. The van der Waals surface area contributed by atoms with Gasteiger partial charge in [0.05, 0.1) is 23.6 Å². The van der Waals surface area contributed by atoms with E-state index in [9.17, 15) is 0 Å². The summed E-state index contributed by atoms with van der Waals surface area (Å²) in [7, 11) is 1.89. The molecule has 126 valence electrons. The molecule has 8 heteroatoms. The first-order chi connectivity index (χ1) is 12.8. The number of H-pyrrole nitrogens is 1. The lowest BCUT2D eigenvalue weighted by molar-refractivity contribution is 0.768. The molecule has 0 amide bonds. The minimum Gasteiger partial charge on any atom is -0.291 e. The van der Waals surface area contributed by atoms with Crippen molar-refractivity contribution < 1.29 is 0 Å². The third kappa shape index (κ3) is 2.35. The van der Waals surface area contributed by atoms with Gasteiger partial charge in [0.25, 0.3) is 0 Å². The summed E-state index contributed by atoms with van der Waals surface area (Å²) in [6.45, 7) is 0. The highest BCUT2D eigenvalue weighted by Gasteiger charge is 2.12. The van der Waals surface area contributed by atoms with Crippen molar-refractivity contribution in [3.05, 3.63) is 61.7 Å². The average molecular weight is 342 g/mol. The highest BCUT2D eigenvalue weighted by Crippen LogP contribution is 2.29. The second-order valence-electron chi connectivity index (χ2n) is 5.96. The summed E-state index contributed by atoms with van der Waals surface area (Å²) in [6, 6.07) is 5.96. The summed E-state index contributed by atoms with van der Waals surface area (Å²) >= 11 is 0. The van der Waals surface area contributed by atoms with Crippen LogP contribution in [0.2, 0.25) is 0 Å². The molecular weight excluding hydrogens is 328 g/mol. The van der Waals surface area contributed by atoms with Crippen LogP contribution in [-0.4, -0.2) is 39.5 Å². The van der Waals surface area contributed by atoms with Gasteiger partial charge in [0, 0.05) is 48.3 Å². The molecule has 8 nitrogen and oxygen atoms in total. The van der Waals surface area contributed by atoms with Crippen LogP contribution in [0.3, 0.4) is 0 Å². The molecule has 0 aliphatic rings. The van der Waals surface area contributed by atoms with Crippen molar-refractivity contribution >= 4 is 10.9 Å². The number of hydrogen-bond acceptors (Lipinski definition) is 5. The summed E-state index contributed by atoms with van der Waals surface area (Å²) in [5, 5.41) is 12.8. The number of fused-ring (bicyclic) bond motifs is 1. The number of imidazole rings is 1. The van der Waals surface area contributed by atoms with Gasteiger partial charge in [-0.25, -0.2) is 9.97 Å². The Morgan fingerprint density at radius 2 is 2.00 bits per heavy atom. The zero-order valence-electron chi connectivity index (χ0n) is 13.9. The molecule has 1 N–H and O–H groups in total. The van der Waals surface area contributed by atoms with Crippen LogP contribution in [0.25, 0.3) is 39.2 Å². The molecule has 0 fully saturated rings. The number of aryl methyl sites for hydroxylation is 1. The Kier molecular flexibility index (Phi) is 3.14. The maximum atomic E-state index is 4.51. The highest BCUT2D eigenvalue weighted by molar-refractivity contribution is 5.94. The van der Waals surface area contributed by atoms with Gasteiger partial charge in [0.15, 0.2) is 0 Å². The molecule has 0 saturated carbocycles. The molecule has 0 atom stereocenters. The lowest BCUT2D eigenvalue weighted by Gasteiger charge is -2.04. The topological polar surface area (TPSA) is 90.1 Å².